The summed E-state index contributed by atoms with van der Waals surface area (Å²) in [5, 5.41) is 21.5. The number of nitrogens with zero attached hydrogens (tertiary/aromatic N) is 2. The second-order valence-electron chi connectivity index (χ2n) is 13.0. The number of carbonyl (C=O) groups excluding carboxylic acids is 2. The Balaban J connectivity index is 0.977. The maximum atomic E-state index is 13.0. The Morgan fingerprint density at radius 2 is 1.93 bits per heavy atom. The molecule has 9 unspecified atom stereocenters. The third-order valence-electron chi connectivity index (χ3n) is 10.4. The van der Waals surface area contributed by atoms with Crippen LogP contribution in [-0.2, 0) is 19.1 Å². The summed E-state index contributed by atoms with van der Waals surface area (Å²) in [6, 6.07) is 0.748. The first kappa shape index (κ1) is 30.3. The molecule has 14 nitrogen and oxygen atoms in total. The van der Waals surface area contributed by atoms with Crippen molar-refractivity contribution in [3.8, 4) is 0 Å². The summed E-state index contributed by atoms with van der Waals surface area (Å²) in [7, 11) is 0. The van der Waals surface area contributed by atoms with Crippen LogP contribution in [0.25, 0.3) is 0 Å². The number of hydrogen-bond donors (Lipinski definition) is 8. The number of nitrogens with two attached hydrogens (primary N) is 2. The van der Waals surface area contributed by atoms with Gasteiger partial charge in [0, 0.05) is 55.8 Å². The molecule has 240 valence electrons. The molecule has 6 aliphatic heterocycles. The number of thioether (sulfide) groups is 1. The van der Waals surface area contributed by atoms with Crippen molar-refractivity contribution in [1.29, 1.82) is 0 Å². The summed E-state index contributed by atoms with van der Waals surface area (Å²) in [4.78, 5) is 28.0. The molecule has 10 N–H and O–H groups in total. The van der Waals surface area contributed by atoms with Crippen molar-refractivity contribution in [2.45, 2.75) is 92.7 Å². The van der Waals surface area contributed by atoms with E-state index in [-0.39, 0.29) is 71.8 Å². The molecule has 5 saturated heterocycles. The fourth-order valence-corrected chi connectivity index (χ4v) is 9.60. The summed E-state index contributed by atoms with van der Waals surface area (Å²) in [6.07, 6.45) is 6.97. The van der Waals surface area contributed by atoms with Crippen molar-refractivity contribution in [2.75, 3.05) is 46.1 Å². The molecule has 6 fully saturated rings. The normalized spacial score (nSPS) is 44.1. The summed E-state index contributed by atoms with van der Waals surface area (Å²) >= 11 is 1.81. The van der Waals surface area contributed by atoms with E-state index in [0.717, 1.165) is 50.3 Å². The molecule has 1 amide bonds. The van der Waals surface area contributed by atoms with Gasteiger partial charge in [-0.25, -0.2) is 5.43 Å². The highest BCUT2D eigenvalue weighted by Crippen LogP contribution is 2.43. The van der Waals surface area contributed by atoms with Gasteiger partial charge in [0.1, 0.15) is 12.4 Å². The van der Waals surface area contributed by atoms with Crippen LogP contribution < -0.4 is 43.5 Å². The van der Waals surface area contributed by atoms with Gasteiger partial charge in [-0.15, -0.1) is 11.8 Å². The maximum absolute atomic E-state index is 13.0. The molecule has 43 heavy (non-hydrogen) atoms. The molecule has 0 bridgehead atoms. The summed E-state index contributed by atoms with van der Waals surface area (Å²) in [5.74, 6) is -0.468. The lowest BCUT2D eigenvalue weighted by Gasteiger charge is -2.49. The van der Waals surface area contributed by atoms with Crippen molar-refractivity contribution in [3.63, 3.8) is 0 Å². The Bertz CT molecular complexity index is 1060. The molecule has 11 atom stereocenters. The molecule has 0 aromatic rings. The van der Waals surface area contributed by atoms with Crippen LogP contribution in [0.1, 0.15) is 38.5 Å². The van der Waals surface area contributed by atoms with Gasteiger partial charge in [0.25, 0.3) is 0 Å². The number of rotatable bonds is 7. The van der Waals surface area contributed by atoms with Crippen LogP contribution in [-0.4, -0.2) is 122 Å². The zero-order valence-electron chi connectivity index (χ0n) is 24.7. The number of carbonyl (C=O) groups is 2. The lowest BCUT2D eigenvalue weighted by Crippen LogP contribution is -2.77. The number of morpholine rings is 1. The van der Waals surface area contributed by atoms with E-state index in [0.29, 0.717) is 26.5 Å². The molecular weight excluding hydrogens is 572 g/mol. The summed E-state index contributed by atoms with van der Waals surface area (Å²) in [5.41, 5.74) is 15.8. The zero-order valence-corrected chi connectivity index (χ0v) is 25.5. The van der Waals surface area contributed by atoms with Gasteiger partial charge in [-0.05, 0) is 25.7 Å². The predicted molar refractivity (Wildman–Crippen MR) is 162 cm³/mol. The number of amides is 1. The Hall–Kier alpha value is -1.37. The molecule has 1 saturated carbocycles. The number of ketones is 1. The fraction of sp³-hybridized carbons (Fsp3) is 0.857. The first-order valence-corrected chi connectivity index (χ1v) is 17.0. The lowest BCUT2D eigenvalue weighted by atomic mass is 9.87. The van der Waals surface area contributed by atoms with E-state index in [1.54, 1.807) is 17.8 Å². The van der Waals surface area contributed by atoms with Gasteiger partial charge < -0.3 is 31.2 Å². The lowest BCUT2D eigenvalue weighted by molar-refractivity contribution is -0.132. The van der Waals surface area contributed by atoms with Crippen LogP contribution in [0, 0.1) is 11.8 Å². The molecule has 1 aliphatic carbocycles. The third kappa shape index (κ3) is 6.23. The van der Waals surface area contributed by atoms with Gasteiger partial charge in [-0.3, -0.25) is 30.9 Å². The first-order valence-electron chi connectivity index (χ1n) is 16.1. The molecule has 7 rings (SSSR count). The number of nitrogens with one attached hydrogen (secondary N) is 6. The maximum Gasteiger partial charge on any atom is 0.226 e. The van der Waals surface area contributed by atoms with Crippen molar-refractivity contribution in [3.05, 3.63) is 11.1 Å². The van der Waals surface area contributed by atoms with Gasteiger partial charge in [0.05, 0.1) is 55.0 Å². The molecule has 15 heteroatoms. The van der Waals surface area contributed by atoms with E-state index in [1.807, 2.05) is 5.01 Å². The number of primary amides is 1. The standard InChI is InChI=1S/C28H48N10O4S/c29-17-3-1-2-4-19(17)35-28-36-26(22(25(30)40)27-32-14-33-38(27)28)34-15-5-6-18(31-12-15)16-13-42-23-20(39)11-21(43-24(16)23)37-7-9-41-10-8-37/h11,15-19,22-24,26-28,31-36H,1-10,12-14,29H2,(H2,30,40)/t15?,16?,17-,18?,19+,22?,23?,24?,26?,27?,28?/m1/s1. The Morgan fingerprint density at radius 3 is 2.70 bits per heavy atom. The average molecular weight is 621 g/mol. The first-order chi connectivity index (χ1) is 21.0. The smallest absolute Gasteiger partial charge is 0.226 e. The summed E-state index contributed by atoms with van der Waals surface area (Å²) < 4.78 is 11.6. The second-order valence-corrected chi connectivity index (χ2v) is 14.2. The minimum Gasteiger partial charge on any atom is -0.378 e. The number of ether oxygens (including phenoxy) is 2. The quantitative estimate of drug-likeness (QED) is 0.149. The molecular formula is C28H48N10O4S. The van der Waals surface area contributed by atoms with Gasteiger partial charge >= 0.3 is 0 Å². The summed E-state index contributed by atoms with van der Waals surface area (Å²) in [6.45, 7) is 4.95. The average Bonchev–Trinajstić information content (AvgIpc) is 3.67. The number of fused-ring (bicyclic) bond motifs is 2. The Morgan fingerprint density at radius 1 is 1.09 bits per heavy atom. The van der Waals surface area contributed by atoms with Crippen molar-refractivity contribution >= 4 is 23.5 Å². The van der Waals surface area contributed by atoms with E-state index < -0.39 is 5.92 Å². The van der Waals surface area contributed by atoms with Crippen molar-refractivity contribution in [1.82, 2.24) is 41.9 Å². The Labute approximate surface area is 257 Å². The minimum atomic E-state index is -0.468. The van der Waals surface area contributed by atoms with E-state index >= 15 is 0 Å². The van der Waals surface area contributed by atoms with Crippen LogP contribution in [0.15, 0.2) is 11.1 Å². The van der Waals surface area contributed by atoms with Gasteiger partial charge in [-0.2, -0.15) is 5.01 Å². The van der Waals surface area contributed by atoms with Gasteiger partial charge in [0.15, 0.2) is 5.78 Å². The highest BCUT2D eigenvalue weighted by Gasteiger charge is 2.51. The number of hydrogen-bond acceptors (Lipinski definition) is 14. The van der Waals surface area contributed by atoms with E-state index in [4.69, 9.17) is 20.9 Å². The van der Waals surface area contributed by atoms with Crippen LogP contribution in [0.2, 0.25) is 0 Å². The van der Waals surface area contributed by atoms with Crippen LogP contribution in [0.5, 0.6) is 0 Å². The van der Waals surface area contributed by atoms with Crippen LogP contribution in [0.3, 0.4) is 0 Å². The van der Waals surface area contributed by atoms with E-state index in [1.165, 1.54) is 12.8 Å². The predicted octanol–water partition coefficient (Wildman–Crippen LogP) is -2.56. The molecule has 0 radical (unpaired) electrons. The molecule has 7 aliphatic rings. The van der Waals surface area contributed by atoms with Gasteiger partial charge in [-0.1, -0.05) is 12.8 Å². The molecule has 0 spiro atoms. The minimum absolute atomic E-state index is 0.0883. The SMILES string of the molecule is NC(=O)C1C(NC2CCC(C3COC4C(=O)C=C(N5CCOCC5)SC43)NC2)NC(N[C@H]2CCCC[C@H]2N)N2NCNC12. The Kier molecular flexibility index (Phi) is 9.27. The molecule has 0 aromatic heterocycles. The number of hydrazine groups is 1. The molecule has 0 aromatic carbocycles. The largest absolute Gasteiger partial charge is 0.378 e. The van der Waals surface area contributed by atoms with Gasteiger partial charge in [0.2, 0.25) is 5.91 Å². The highest BCUT2D eigenvalue weighted by atomic mass is 32.2. The fourth-order valence-electron chi connectivity index (χ4n) is 8.03. The van der Waals surface area contributed by atoms with Crippen molar-refractivity contribution < 1.29 is 19.1 Å². The topological polar surface area (TPSA) is 183 Å². The van der Waals surface area contributed by atoms with E-state index in [2.05, 4.69) is 36.9 Å². The second kappa shape index (κ2) is 13.2. The number of piperidine rings is 1. The van der Waals surface area contributed by atoms with Crippen molar-refractivity contribution in [2.24, 2.45) is 23.3 Å². The zero-order chi connectivity index (χ0) is 29.5. The van der Waals surface area contributed by atoms with E-state index in [9.17, 15) is 9.59 Å². The van der Waals surface area contributed by atoms with Crippen LogP contribution >= 0.6 is 11.8 Å². The monoisotopic (exact) mass is 620 g/mol. The molecule has 6 heterocycles. The third-order valence-corrected chi connectivity index (χ3v) is 11.9. The van der Waals surface area contributed by atoms with Crippen LogP contribution in [0.4, 0.5) is 0 Å². The highest BCUT2D eigenvalue weighted by molar-refractivity contribution is 8.03.